The third-order valence-electron chi connectivity index (χ3n) is 3.46. The molecule has 1 N–H and O–H groups in total. The molecule has 128 valence electrons. The molecular weight excluding hydrogens is 324 g/mol. The molecule has 1 aromatic heterocycles. The first-order chi connectivity index (χ1) is 12.0. The van der Waals surface area contributed by atoms with Gasteiger partial charge in [-0.25, -0.2) is 4.79 Å². The monoisotopic (exact) mass is 340 g/mol. The lowest BCUT2D eigenvalue weighted by molar-refractivity contribution is -0.119. The van der Waals surface area contributed by atoms with E-state index in [1.54, 1.807) is 37.3 Å². The summed E-state index contributed by atoms with van der Waals surface area (Å²) in [6.07, 6.45) is 0.501. The second-order valence-corrected chi connectivity index (χ2v) is 5.20. The van der Waals surface area contributed by atoms with Crippen molar-refractivity contribution in [2.45, 2.75) is 13.5 Å². The van der Waals surface area contributed by atoms with Crippen LogP contribution in [0.1, 0.15) is 21.7 Å². The molecule has 0 bridgehead atoms. The normalized spacial score (nSPS) is 11.2. The van der Waals surface area contributed by atoms with Gasteiger partial charge in [-0.3, -0.25) is 9.59 Å². The Morgan fingerprint density at radius 3 is 2.56 bits per heavy atom. The summed E-state index contributed by atoms with van der Waals surface area (Å²) in [7, 11) is 0. The van der Waals surface area contributed by atoms with E-state index in [4.69, 9.17) is 14.4 Å². The van der Waals surface area contributed by atoms with Crippen LogP contribution >= 0.6 is 0 Å². The van der Waals surface area contributed by atoms with E-state index in [9.17, 15) is 14.4 Å². The van der Waals surface area contributed by atoms with Crippen molar-refractivity contribution in [1.29, 1.82) is 5.26 Å². The van der Waals surface area contributed by atoms with Gasteiger partial charge >= 0.3 is 6.09 Å². The van der Waals surface area contributed by atoms with Crippen LogP contribution < -0.4 is 5.32 Å². The summed E-state index contributed by atoms with van der Waals surface area (Å²) in [5.74, 6) is -2.55. The Morgan fingerprint density at radius 1 is 1.24 bits per heavy atom. The van der Waals surface area contributed by atoms with E-state index in [2.05, 4.69) is 5.32 Å². The smallest absolute Gasteiger partial charge is 0.407 e. The van der Waals surface area contributed by atoms with E-state index in [-0.39, 0.29) is 12.2 Å². The van der Waals surface area contributed by atoms with Gasteiger partial charge in [0.2, 0.25) is 0 Å². The largest absolute Gasteiger partial charge is 0.469 e. The molecule has 2 rings (SSSR count). The topological polar surface area (TPSA) is 109 Å². The Kier molecular flexibility index (Phi) is 6.07. The van der Waals surface area contributed by atoms with Crippen molar-refractivity contribution in [3.63, 3.8) is 0 Å². The number of benzene rings is 1. The number of carbonyl (C=O) groups excluding carboxylic acids is 3. The number of ether oxygens (including phenoxy) is 1. The number of nitrogens with one attached hydrogen (secondary N) is 1. The third-order valence-corrected chi connectivity index (χ3v) is 3.46. The number of Topliss-reactive ketones (excluding diaryl/α,β-unsaturated/α-hetero) is 2. The molecule has 1 atom stereocenters. The molecule has 0 saturated carbocycles. The molecule has 1 heterocycles. The van der Waals surface area contributed by atoms with Crippen molar-refractivity contribution >= 4 is 17.7 Å². The fourth-order valence-electron chi connectivity index (χ4n) is 2.11. The number of furan rings is 1. The number of aryl methyl sites for hydroxylation is 1. The van der Waals surface area contributed by atoms with Crippen molar-refractivity contribution in [3.05, 3.63) is 59.5 Å². The zero-order chi connectivity index (χ0) is 18.2. The SMILES string of the molecule is Cc1occc1C(=O)C(C#N)C(=O)CNC(=O)OCc1ccccc1. The van der Waals surface area contributed by atoms with Crippen LogP contribution in [0.15, 0.2) is 47.1 Å². The van der Waals surface area contributed by atoms with Gasteiger partial charge in [0.25, 0.3) is 0 Å². The second kappa shape index (κ2) is 8.45. The molecule has 1 unspecified atom stereocenters. The van der Waals surface area contributed by atoms with Crippen LogP contribution in [0.3, 0.4) is 0 Å². The number of ketones is 2. The van der Waals surface area contributed by atoms with Crippen LogP contribution in [-0.4, -0.2) is 24.2 Å². The molecular formula is C18H16N2O5. The first-order valence-electron chi connectivity index (χ1n) is 7.48. The van der Waals surface area contributed by atoms with Crippen molar-refractivity contribution < 1.29 is 23.5 Å². The lowest BCUT2D eigenvalue weighted by atomic mass is 9.95. The molecule has 1 amide bonds. The minimum Gasteiger partial charge on any atom is -0.469 e. The predicted octanol–water partition coefficient (Wildman–Crippen LogP) is 2.41. The maximum absolute atomic E-state index is 12.2. The number of alkyl carbamates (subject to hydrolysis) is 1. The molecule has 1 aromatic carbocycles. The van der Waals surface area contributed by atoms with Gasteiger partial charge < -0.3 is 14.5 Å². The Labute approximate surface area is 144 Å². The molecule has 25 heavy (non-hydrogen) atoms. The van der Waals surface area contributed by atoms with Crippen LogP contribution in [0.5, 0.6) is 0 Å². The van der Waals surface area contributed by atoms with E-state index in [0.29, 0.717) is 5.76 Å². The molecule has 0 aliphatic rings. The Balaban J connectivity index is 1.85. The third kappa shape index (κ3) is 4.78. The molecule has 7 heteroatoms. The van der Waals surface area contributed by atoms with Gasteiger partial charge in [-0.1, -0.05) is 30.3 Å². The number of carbonyl (C=O) groups is 3. The minimum absolute atomic E-state index is 0.0513. The second-order valence-electron chi connectivity index (χ2n) is 5.20. The highest BCUT2D eigenvalue weighted by atomic mass is 16.5. The predicted molar refractivity (Wildman–Crippen MR) is 86.5 cm³/mol. The standard InChI is InChI=1S/C18H16N2O5/c1-12-14(7-8-24-12)17(22)15(9-19)16(21)10-20-18(23)25-11-13-5-3-2-4-6-13/h2-8,15H,10-11H2,1H3,(H,20,23). The fourth-order valence-corrected chi connectivity index (χ4v) is 2.11. The summed E-state index contributed by atoms with van der Waals surface area (Å²) in [5, 5.41) is 11.4. The number of hydrogen-bond donors (Lipinski definition) is 1. The van der Waals surface area contributed by atoms with Crippen molar-refractivity contribution in [2.75, 3.05) is 6.54 Å². The van der Waals surface area contributed by atoms with Crippen LogP contribution in [0.4, 0.5) is 4.79 Å². The van der Waals surface area contributed by atoms with Gasteiger partial charge in [0.1, 0.15) is 12.4 Å². The quantitative estimate of drug-likeness (QED) is 0.612. The number of nitriles is 1. The van der Waals surface area contributed by atoms with Crippen LogP contribution in [0.2, 0.25) is 0 Å². The van der Waals surface area contributed by atoms with Gasteiger partial charge in [-0.2, -0.15) is 5.26 Å². The highest BCUT2D eigenvalue weighted by molar-refractivity contribution is 6.13. The average Bonchev–Trinajstić information content (AvgIpc) is 3.05. The van der Waals surface area contributed by atoms with E-state index >= 15 is 0 Å². The molecule has 7 nitrogen and oxygen atoms in total. The molecule has 2 aromatic rings. The Bertz CT molecular complexity index is 804. The number of nitrogens with zero attached hydrogens (tertiary/aromatic N) is 1. The van der Waals surface area contributed by atoms with Crippen molar-refractivity contribution in [3.8, 4) is 6.07 Å². The van der Waals surface area contributed by atoms with Gasteiger partial charge in [0.05, 0.1) is 24.4 Å². The van der Waals surface area contributed by atoms with Crippen LogP contribution in [0.25, 0.3) is 0 Å². The zero-order valence-electron chi connectivity index (χ0n) is 13.5. The summed E-state index contributed by atoms with van der Waals surface area (Å²) in [5.41, 5.74) is 0.969. The van der Waals surface area contributed by atoms with Gasteiger partial charge in [-0.05, 0) is 18.6 Å². The summed E-state index contributed by atoms with van der Waals surface area (Å²) < 4.78 is 9.96. The maximum Gasteiger partial charge on any atom is 0.407 e. The number of amides is 1. The molecule has 0 saturated heterocycles. The summed E-state index contributed by atoms with van der Waals surface area (Å²) >= 11 is 0. The molecule has 0 fully saturated rings. The molecule has 0 radical (unpaired) electrons. The minimum atomic E-state index is -1.51. The highest BCUT2D eigenvalue weighted by Gasteiger charge is 2.29. The highest BCUT2D eigenvalue weighted by Crippen LogP contribution is 2.15. The average molecular weight is 340 g/mol. The summed E-state index contributed by atoms with van der Waals surface area (Å²) in [6.45, 7) is 1.13. The lowest BCUT2D eigenvalue weighted by Gasteiger charge is -2.09. The molecule has 0 aliphatic heterocycles. The van der Waals surface area contributed by atoms with Crippen molar-refractivity contribution in [1.82, 2.24) is 5.32 Å². The molecule has 0 aliphatic carbocycles. The zero-order valence-corrected chi connectivity index (χ0v) is 13.5. The van der Waals surface area contributed by atoms with E-state index in [1.165, 1.54) is 12.3 Å². The first kappa shape index (κ1) is 17.9. The van der Waals surface area contributed by atoms with E-state index < -0.39 is 30.1 Å². The summed E-state index contributed by atoms with van der Waals surface area (Å²) in [6, 6.07) is 12.1. The Morgan fingerprint density at radius 2 is 1.96 bits per heavy atom. The van der Waals surface area contributed by atoms with Gasteiger partial charge in [-0.15, -0.1) is 0 Å². The molecule has 0 spiro atoms. The maximum atomic E-state index is 12.2. The lowest BCUT2D eigenvalue weighted by Crippen LogP contribution is -2.35. The van der Waals surface area contributed by atoms with Crippen molar-refractivity contribution in [2.24, 2.45) is 5.92 Å². The first-order valence-corrected chi connectivity index (χ1v) is 7.48. The summed E-state index contributed by atoms with van der Waals surface area (Å²) in [4.78, 5) is 35.9. The van der Waals surface area contributed by atoms with Gasteiger partial charge in [0, 0.05) is 0 Å². The van der Waals surface area contributed by atoms with E-state index in [0.717, 1.165) is 5.56 Å². The van der Waals surface area contributed by atoms with Crippen LogP contribution in [0, 0.1) is 24.2 Å². The number of hydrogen-bond acceptors (Lipinski definition) is 6. The van der Waals surface area contributed by atoms with Gasteiger partial charge in [0.15, 0.2) is 17.5 Å². The van der Waals surface area contributed by atoms with E-state index in [1.807, 2.05) is 6.07 Å². The van der Waals surface area contributed by atoms with Crippen LogP contribution in [-0.2, 0) is 16.1 Å². The fraction of sp³-hybridized carbons (Fsp3) is 0.222. The Hall–Kier alpha value is -3.40. The number of rotatable bonds is 7.